The van der Waals surface area contributed by atoms with E-state index in [4.69, 9.17) is 9.47 Å². The predicted octanol–water partition coefficient (Wildman–Crippen LogP) is 2.72. The number of fused-ring (bicyclic) bond motifs is 1. The van der Waals surface area contributed by atoms with E-state index in [0.29, 0.717) is 38.2 Å². The van der Waals surface area contributed by atoms with E-state index < -0.39 is 17.6 Å². The van der Waals surface area contributed by atoms with E-state index in [1.54, 1.807) is 11.6 Å². The molecule has 1 aliphatic rings. The Kier molecular flexibility index (Phi) is 6.95. The first-order valence-corrected chi connectivity index (χ1v) is 11.1. The van der Waals surface area contributed by atoms with E-state index in [-0.39, 0.29) is 23.4 Å². The number of amides is 2. The molecule has 1 aromatic heterocycles. The van der Waals surface area contributed by atoms with Crippen LogP contribution in [0.15, 0.2) is 23.0 Å². The average molecular weight is 446 g/mol. The number of nitrogens with one attached hydrogen (secondary N) is 1. The lowest BCUT2D eigenvalue weighted by Gasteiger charge is -2.26. The molecule has 1 aliphatic heterocycles. The SMILES string of the molecule is Cn1c(=O)n(C2CCC(=O)NC2=O)c2ccc(CC(C)(C)OCCOCC(C)(C)C)cc21. The lowest BCUT2D eigenvalue weighted by atomic mass is 9.98. The number of hydrogen-bond donors (Lipinski definition) is 1. The quantitative estimate of drug-likeness (QED) is 0.498. The Balaban J connectivity index is 1.73. The summed E-state index contributed by atoms with van der Waals surface area (Å²) in [5.74, 6) is -0.726. The van der Waals surface area contributed by atoms with E-state index >= 15 is 0 Å². The maximum atomic E-state index is 12.9. The van der Waals surface area contributed by atoms with Gasteiger partial charge in [0.1, 0.15) is 6.04 Å². The Hall–Kier alpha value is -2.45. The monoisotopic (exact) mass is 445 g/mol. The number of imidazole rings is 1. The lowest BCUT2D eigenvalue weighted by molar-refractivity contribution is -0.135. The van der Waals surface area contributed by atoms with Crippen LogP contribution >= 0.6 is 0 Å². The van der Waals surface area contributed by atoms with Crippen LogP contribution in [-0.2, 0) is 32.5 Å². The van der Waals surface area contributed by atoms with Gasteiger partial charge in [-0.3, -0.25) is 24.0 Å². The van der Waals surface area contributed by atoms with Crippen LogP contribution in [0, 0.1) is 5.41 Å². The first-order chi connectivity index (χ1) is 14.9. The van der Waals surface area contributed by atoms with Gasteiger partial charge >= 0.3 is 5.69 Å². The number of benzene rings is 1. The molecule has 2 aromatic rings. The third-order valence-corrected chi connectivity index (χ3v) is 5.56. The van der Waals surface area contributed by atoms with Gasteiger partial charge in [-0.25, -0.2) is 4.79 Å². The van der Waals surface area contributed by atoms with Crippen LogP contribution in [0.2, 0.25) is 0 Å². The second-order valence-electron chi connectivity index (χ2n) is 10.4. The number of hydrogen-bond acceptors (Lipinski definition) is 5. The molecule has 1 fully saturated rings. The molecule has 1 saturated heterocycles. The molecule has 0 bridgehead atoms. The summed E-state index contributed by atoms with van der Waals surface area (Å²) in [4.78, 5) is 36.7. The van der Waals surface area contributed by atoms with Crippen molar-refractivity contribution in [3.05, 3.63) is 34.2 Å². The van der Waals surface area contributed by atoms with E-state index in [1.165, 1.54) is 4.57 Å². The zero-order chi connectivity index (χ0) is 23.7. The molecule has 1 N–H and O–H groups in total. The van der Waals surface area contributed by atoms with Gasteiger partial charge in [0.2, 0.25) is 11.8 Å². The topological polar surface area (TPSA) is 91.6 Å². The number of rotatable bonds is 8. The van der Waals surface area contributed by atoms with Gasteiger partial charge in [-0.05, 0) is 43.4 Å². The maximum Gasteiger partial charge on any atom is 0.329 e. The molecule has 0 saturated carbocycles. The standard InChI is InChI=1S/C24H35N3O5/c1-23(2,3)15-31-11-12-32-24(4,5)14-16-7-8-17-19(13-16)26(6)22(30)27(17)18-9-10-20(28)25-21(18)29/h7-8,13,18H,9-12,14-15H2,1-6H3,(H,25,28,29). The molecule has 1 unspecified atom stereocenters. The van der Waals surface area contributed by atoms with Crippen molar-refractivity contribution in [2.45, 2.75) is 65.5 Å². The van der Waals surface area contributed by atoms with Gasteiger partial charge in [-0.2, -0.15) is 0 Å². The molecule has 0 radical (unpaired) electrons. The molecule has 8 nitrogen and oxygen atoms in total. The third kappa shape index (κ3) is 5.66. The minimum absolute atomic E-state index is 0.130. The average Bonchev–Trinajstić information content (AvgIpc) is 2.91. The number of carbonyl (C=O) groups excluding carboxylic acids is 2. The Labute approximate surface area is 188 Å². The smallest absolute Gasteiger partial charge is 0.329 e. The first kappa shape index (κ1) is 24.2. The van der Waals surface area contributed by atoms with Crippen LogP contribution in [-0.4, -0.2) is 46.4 Å². The lowest BCUT2D eigenvalue weighted by Crippen LogP contribution is -2.44. The summed E-state index contributed by atoms with van der Waals surface area (Å²) in [6.07, 6.45) is 1.21. The zero-order valence-corrected chi connectivity index (χ0v) is 20.0. The largest absolute Gasteiger partial charge is 0.379 e. The Morgan fingerprint density at radius 2 is 1.78 bits per heavy atom. The Morgan fingerprint density at radius 1 is 1.06 bits per heavy atom. The number of aromatic nitrogens is 2. The van der Waals surface area contributed by atoms with Gasteiger partial charge in [-0.15, -0.1) is 0 Å². The molecule has 1 atom stereocenters. The second kappa shape index (κ2) is 9.19. The molecule has 0 aliphatic carbocycles. The molecule has 3 rings (SSSR count). The van der Waals surface area contributed by atoms with Gasteiger partial charge in [-0.1, -0.05) is 26.8 Å². The zero-order valence-electron chi connectivity index (χ0n) is 20.0. The number of carbonyl (C=O) groups is 2. The van der Waals surface area contributed by atoms with Crippen molar-refractivity contribution < 1.29 is 19.1 Å². The number of ether oxygens (including phenoxy) is 2. The summed E-state index contributed by atoms with van der Waals surface area (Å²) >= 11 is 0. The molecule has 176 valence electrons. The highest BCUT2D eigenvalue weighted by atomic mass is 16.5. The van der Waals surface area contributed by atoms with Crippen molar-refractivity contribution >= 4 is 22.8 Å². The fourth-order valence-corrected chi connectivity index (χ4v) is 4.05. The highest BCUT2D eigenvalue weighted by molar-refractivity contribution is 6.00. The Bertz CT molecular complexity index is 1060. The summed E-state index contributed by atoms with van der Waals surface area (Å²) in [5, 5.41) is 2.33. The highest BCUT2D eigenvalue weighted by Crippen LogP contribution is 2.25. The van der Waals surface area contributed by atoms with Gasteiger partial charge in [0, 0.05) is 19.9 Å². The van der Waals surface area contributed by atoms with Crippen LogP contribution in [0.3, 0.4) is 0 Å². The van der Waals surface area contributed by atoms with E-state index in [0.717, 1.165) is 11.1 Å². The van der Waals surface area contributed by atoms with Crippen molar-refractivity contribution in [1.29, 1.82) is 0 Å². The molecule has 2 heterocycles. The predicted molar refractivity (Wildman–Crippen MR) is 123 cm³/mol. The van der Waals surface area contributed by atoms with Gasteiger partial charge in [0.05, 0.1) is 36.5 Å². The molecule has 8 heteroatoms. The number of imide groups is 1. The van der Waals surface area contributed by atoms with Crippen LogP contribution in [0.5, 0.6) is 0 Å². The summed E-state index contributed by atoms with van der Waals surface area (Å²) < 4.78 is 14.8. The fraction of sp³-hybridized carbons (Fsp3) is 0.625. The fourth-order valence-electron chi connectivity index (χ4n) is 4.05. The number of nitrogens with zero attached hydrogens (tertiary/aromatic N) is 2. The maximum absolute atomic E-state index is 12.9. The molecular formula is C24H35N3O5. The molecule has 32 heavy (non-hydrogen) atoms. The van der Waals surface area contributed by atoms with Crippen molar-refractivity contribution in [3.8, 4) is 0 Å². The molecule has 0 spiro atoms. The van der Waals surface area contributed by atoms with Crippen LogP contribution < -0.4 is 11.0 Å². The number of aryl methyl sites for hydroxylation is 1. The van der Waals surface area contributed by atoms with Gasteiger partial charge in [0.25, 0.3) is 0 Å². The van der Waals surface area contributed by atoms with Crippen molar-refractivity contribution in [2.75, 3.05) is 19.8 Å². The van der Waals surface area contributed by atoms with Gasteiger partial charge < -0.3 is 9.47 Å². The third-order valence-electron chi connectivity index (χ3n) is 5.56. The molecule has 2 amide bonds. The summed E-state index contributed by atoms with van der Waals surface area (Å²) in [6.45, 7) is 12.2. The van der Waals surface area contributed by atoms with Crippen molar-refractivity contribution in [1.82, 2.24) is 14.5 Å². The van der Waals surface area contributed by atoms with E-state index in [2.05, 4.69) is 26.1 Å². The molecular weight excluding hydrogens is 410 g/mol. The van der Waals surface area contributed by atoms with Crippen LogP contribution in [0.4, 0.5) is 0 Å². The Morgan fingerprint density at radius 3 is 2.44 bits per heavy atom. The van der Waals surface area contributed by atoms with E-state index in [1.807, 2.05) is 32.0 Å². The van der Waals surface area contributed by atoms with E-state index in [9.17, 15) is 14.4 Å². The van der Waals surface area contributed by atoms with Crippen molar-refractivity contribution in [3.63, 3.8) is 0 Å². The number of piperidine rings is 1. The second-order valence-corrected chi connectivity index (χ2v) is 10.4. The first-order valence-electron chi connectivity index (χ1n) is 11.1. The summed E-state index contributed by atoms with van der Waals surface area (Å²) in [6, 6.07) is 5.13. The highest BCUT2D eigenvalue weighted by Gasteiger charge is 2.31. The molecule has 1 aromatic carbocycles. The van der Waals surface area contributed by atoms with Crippen LogP contribution in [0.25, 0.3) is 11.0 Å². The normalized spacial score (nSPS) is 17.8. The summed E-state index contributed by atoms with van der Waals surface area (Å²) in [5.41, 5.74) is 1.94. The minimum atomic E-state index is -0.678. The van der Waals surface area contributed by atoms with Crippen molar-refractivity contribution in [2.24, 2.45) is 12.5 Å². The van der Waals surface area contributed by atoms with Crippen LogP contribution in [0.1, 0.15) is 59.1 Å². The van der Waals surface area contributed by atoms with Gasteiger partial charge in [0.15, 0.2) is 0 Å². The minimum Gasteiger partial charge on any atom is -0.379 e. The summed E-state index contributed by atoms with van der Waals surface area (Å²) in [7, 11) is 1.70.